The maximum absolute atomic E-state index is 12.7. The molecule has 141 valence electrons. The second-order valence-corrected chi connectivity index (χ2v) is 8.48. The Labute approximate surface area is 182 Å². The van der Waals surface area contributed by atoms with E-state index in [1.807, 2.05) is 0 Å². The predicted octanol–water partition coefficient (Wildman–Crippen LogP) is 1.73. The summed E-state index contributed by atoms with van der Waals surface area (Å²) in [7, 11) is -4.00. The van der Waals surface area contributed by atoms with Crippen LogP contribution in [0.25, 0.3) is 0 Å². The molecule has 0 aliphatic carbocycles. The van der Waals surface area contributed by atoms with E-state index in [1.54, 1.807) is 0 Å². The maximum atomic E-state index is 12.7. The number of pyridine rings is 1. The number of aromatic nitrogens is 1. The Balaban J connectivity index is 0.00000364. The summed E-state index contributed by atoms with van der Waals surface area (Å²) in [6.07, 6.45) is 2.60. The van der Waals surface area contributed by atoms with Crippen LogP contribution in [0.1, 0.15) is 20.8 Å². The first-order chi connectivity index (χ1) is 12.1. The number of amides is 2. The fourth-order valence-corrected chi connectivity index (χ4v) is 3.38. The molecule has 0 atom stereocenters. The molecule has 1 heterocycles. The second kappa shape index (κ2) is 8.90. The Hall–Kier alpha value is -1.84. The predicted molar refractivity (Wildman–Crippen MR) is 95.4 cm³/mol. The van der Waals surface area contributed by atoms with E-state index in [4.69, 9.17) is 0 Å². The number of nitrogens with zero attached hydrogens (tertiary/aromatic N) is 1. The number of carbonyl (C=O) groups excluding carboxylic acids is 2. The first kappa shape index (κ1) is 23.2. The van der Waals surface area contributed by atoms with Gasteiger partial charge in [0.15, 0.2) is 9.84 Å². The van der Waals surface area contributed by atoms with Crippen molar-refractivity contribution in [2.24, 2.45) is 0 Å². The number of anilines is 2. The molecule has 10 heteroatoms. The van der Waals surface area contributed by atoms with Crippen LogP contribution < -0.4 is 10.6 Å². The van der Waals surface area contributed by atoms with Crippen molar-refractivity contribution in [3.8, 4) is 5.75 Å². The molecule has 2 amide bonds. The number of hydrogen-bond acceptors (Lipinski definition) is 6. The molecule has 0 bridgehead atoms. The van der Waals surface area contributed by atoms with Gasteiger partial charge in [0.2, 0.25) is 11.8 Å². The van der Waals surface area contributed by atoms with E-state index in [1.165, 1.54) is 51.4 Å². The number of hydrogen-bond donors (Lipinski definition) is 3. The number of nitrogens with one attached hydrogen (secondary N) is 2. The van der Waals surface area contributed by atoms with Gasteiger partial charge in [0.25, 0.3) is 0 Å². The molecule has 0 fully saturated rings. The number of carbonyl (C=O) groups is 2. The van der Waals surface area contributed by atoms with E-state index >= 15 is 0 Å². The topological polar surface area (TPSA) is 125 Å². The number of aromatic hydroxyl groups is 1. The summed E-state index contributed by atoms with van der Waals surface area (Å²) in [6.45, 7) is 3.83. The van der Waals surface area contributed by atoms with Crippen molar-refractivity contribution in [3.63, 3.8) is 0 Å². The molecule has 27 heavy (non-hydrogen) atoms. The van der Waals surface area contributed by atoms with E-state index in [0.717, 1.165) is 6.07 Å². The van der Waals surface area contributed by atoms with Gasteiger partial charge in [0.05, 0.1) is 4.90 Å². The van der Waals surface area contributed by atoms with E-state index < -0.39 is 20.5 Å². The van der Waals surface area contributed by atoms with Crippen molar-refractivity contribution in [2.45, 2.75) is 30.4 Å². The minimum absolute atomic E-state index is 0. The quantitative estimate of drug-likeness (QED) is 0.456. The molecule has 0 saturated heterocycles. The summed E-state index contributed by atoms with van der Waals surface area (Å²) in [5.74, 6) is -1.47. The summed E-state index contributed by atoms with van der Waals surface area (Å²) < 4.78 is 23.6. The Morgan fingerprint density at radius 1 is 1.26 bits per heavy atom. The van der Waals surface area contributed by atoms with Crippen molar-refractivity contribution in [1.29, 1.82) is 0 Å². The van der Waals surface area contributed by atoms with Gasteiger partial charge < -0.3 is 15.7 Å². The maximum Gasteiger partial charge on any atom is 0.243 e. The fraction of sp³-hybridized carbons (Fsp3) is 0.235. The summed E-state index contributed by atoms with van der Waals surface area (Å²) in [6, 6.07) is 7.92. The minimum atomic E-state index is -4.00. The van der Waals surface area contributed by atoms with E-state index in [2.05, 4.69) is 21.7 Å². The summed E-state index contributed by atoms with van der Waals surface area (Å²) in [5.41, 5.74) is 0.189. The van der Waals surface area contributed by atoms with Crippen LogP contribution in [0, 0.1) is 6.07 Å². The second-order valence-electron chi connectivity index (χ2n) is 5.98. The molecular weight excluding hydrogens is 447 g/mol. The van der Waals surface area contributed by atoms with Gasteiger partial charge in [0.1, 0.15) is 4.75 Å². The zero-order valence-corrected chi connectivity index (χ0v) is 18.6. The Kier molecular flexibility index (Phi) is 7.65. The number of phenols is 1. The van der Waals surface area contributed by atoms with Crippen LogP contribution >= 0.6 is 0 Å². The largest absolute Gasteiger partial charge is 0.531 e. The van der Waals surface area contributed by atoms with E-state index in [0.29, 0.717) is 0 Å². The molecular formula is C17H18N3O5SY-. The molecule has 1 radical (unpaired) electrons. The van der Waals surface area contributed by atoms with Gasteiger partial charge in [-0.2, -0.15) is 6.07 Å². The Morgan fingerprint density at radius 3 is 2.44 bits per heavy atom. The van der Waals surface area contributed by atoms with Gasteiger partial charge >= 0.3 is 0 Å². The molecule has 0 aliphatic rings. The zero-order chi connectivity index (χ0) is 19.5. The number of phenolic OH excluding ortho intramolecular Hbond substituents is 1. The van der Waals surface area contributed by atoms with Gasteiger partial charge in [-0.05, 0) is 31.7 Å². The van der Waals surface area contributed by atoms with Crippen LogP contribution in [-0.2, 0) is 52.1 Å². The SMILES string of the molecule is CC(=O)Nc1c[c-]c(NC(=O)C(C)(C)S(=O)(=O)c2cccnc2)cc1O.[Y]. The van der Waals surface area contributed by atoms with E-state index in [9.17, 15) is 23.1 Å². The first-order valence-corrected chi connectivity index (χ1v) is 9.02. The third-order valence-electron chi connectivity index (χ3n) is 3.65. The van der Waals surface area contributed by atoms with Crippen molar-refractivity contribution < 1.29 is 55.8 Å². The standard InChI is InChI=1S/C17H18N3O5S.Y/c1-11(21)19-14-7-6-12(9-15(14)22)20-16(23)17(2,3)26(24,25)13-5-4-8-18-10-13;/h4-5,7-10,22H,1-3H3,(H,19,21)(H,20,23);/q-1;. The monoisotopic (exact) mass is 465 g/mol. The molecule has 0 spiro atoms. The van der Waals surface area contributed by atoms with Crippen molar-refractivity contribution in [2.75, 3.05) is 10.6 Å². The van der Waals surface area contributed by atoms with Crippen LogP contribution in [0.5, 0.6) is 5.75 Å². The van der Waals surface area contributed by atoms with Crippen LogP contribution in [0.2, 0.25) is 0 Å². The first-order valence-electron chi connectivity index (χ1n) is 7.54. The zero-order valence-electron chi connectivity index (χ0n) is 15.0. The Morgan fingerprint density at radius 2 is 1.93 bits per heavy atom. The van der Waals surface area contributed by atoms with Crippen LogP contribution in [0.4, 0.5) is 11.4 Å². The molecule has 2 aromatic rings. The average Bonchev–Trinajstić information content (AvgIpc) is 2.57. The fourth-order valence-electron chi connectivity index (χ4n) is 2.04. The van der Waals surface area contributed by atoms with Crippen LogP contribution in [0.15, 0.2) is 41.6 Å². The van der Waals surface area contributed by atoms with Gasteiger partial charge in [-0.1, -0.05) is 5.69 Å². The van der Waals surface area contributed by atoms with Crippen molar-refractivity contribution in [3.05, 3.63) is 42.7 Å². The number of benzene rings is 1. The number of sulfone groups is 1. The summed E-state index contributed by atoms with van der Waals surface area (Å²) >= 11 is 0. The molecule has 0 saturated carbocycles. The molecule has 0 aliphatic heterocycles. The molecule has 1 aromatic carbocycles. The molecule has 3 N–H and O–H groups in total. The normalized spacial score (nSPS) is 11.2. The summed E-state index contributed by atoms with van der Waals surface area (Å²) in [5, 5.41) is 14.7. The third-order valence-corrected chi connectivity index (χ3v) is 6.04. The van der Waals surface area contributed by atoms with Crippen LogP contribution in [0.3, 0.4) is 0 Å². The van der Waals surface area contributed by atoms with E-state index in [-0.39, 0.29) is 60.6 Å². The molecule has 8 nitrogen and oxygen atoms in total. The number of rotatable bonds is 5. The van der Waals surface area contributed by atoms with Crippen molar-refractivity contribution >= 4 is 33.0 Å². The third kappa shape index (κ3) is 5.12. The molecule has 2 rings (SSSR count). The minimum Gasteiger partial charge on any atom is -0.531 e. The van der Waals surface area contributed by atoms with Crippen LogP contribution in [-0.4, -0.2) is 35.1 Å². The Bertz CT molecular complexity index is 946. The van der Waals surface area contributed by atoms with Gasteiger partial charge in [-0.3, -0.25) is 14.6 Å². The summed E-state index contributed by atoms with van der Waals surface area (Å²) in [4.78, 5) is 27.3. The smallest absolute Gasteiger partial charge is 0.243 e. The van der Waals surface area contributed by atoms with Gasteiger partial charge in [-0.15, -0.1) is 12.1 Å². The molecule has 0 unspecified atom stereocenters. The average molecular weight is 465 g/mol. The van der Waals surface area contributed by atoms with Gasteiger partial charge in [0, 0.05) is 57.8 Å². The molecule has 1 aromatic heterocycles. The van der Waals surface area contributed by atoms with Crippen molar-refractivity contribution in [1.82, 2.24) is 4.98 Å². The van der Waals surface area contributed by atoms with Gasteiger partial charge in [-0.25, -0.2) is 8.42 Å².